The number of hydrogen-bond donors (Lipinski definition) is 2. The molecule has 0 radical (unpaired) electrons. The number of aromatic amines is 1. The van der Waals surface area contributed by atoms with Gasteiger partial charge in [-0.05, 0) is 68.1 Å². The summed E-state index contributed by atoms with van der Waals surface area (Å²) in [7, 11) is 0. The highest BCUT2D eigenvalue weighted by molar-refractivity contribution is 7.71. The molecule has 7 heteroatoms. The van der Waals surface area contributed by atoms with Crippen LogP contribution < -0.4 is 5.73 Å². The van der Waals surface area contributed by atoms with Crippen LogP contribution in [-0.4, -0.2) is 16.1 Å². The molecule has 0 amide bonds. The molecule has 3 N–H and O–H groups in total. The van der Waals surface area contributed by atoms with E-state index in [0.29, 0.717) is 29.7 Å². The number of nitrogens with one attached hydrogen (secondary N) is 1. The van der Waals surface area contributed by atoms with Crippen LogP contribution in [0.25, 0.3) is 0 Å². The lowest BCUT2D eigenvalue weighted by Crippen LogP contribution is -2.21. The normalized spacial score (nSPS) is 16.7. The summed E-state index contributed by atoms with van der Waals surface area (Å²) in [5.41, 5.74) is 8.08. The van der Waals surface area contributed by atoms with Crippen LogP contribution in [0.5, 0.6) is 0 Å². The average Bonchev–Trinajstić information content (AvgIpc) is 2.85. The van der Waals surface area contributed by atoms with Gasteiger partial charge in [0, 0.05) is 24.0 Å². The third-order valence-corrected chi connectivity index (χ3v) is 4.64. The number of nitrogens with zero attached hydrogens (tertiary/aromatic N) is 1. The second-order valence-corrected chi connectivity index (χ2v) is 6.16. The lowest BCUT2D eigenvalue weighted by Gasteiger charge is -2.27. The molecule has 1 aromatic carbocycles. The van der Waals surface area contributed by atoms with E-state index in [1.807, 2.05) is 6.20 Å². The molecule has 3 nitrogen and oxygen atoms in total. The molecule has 1 atom stereocenters. The maximum absolute atomic E-state index is 13.8. The Kier molecular flexibility index (Phi) is 5.95. The summed E-state index contributed by atoms with van der Waals surface area (Å²) in [4.78, 5) is 3.08. The van der Waals surface area contributed by atoms with Gasteiger partial charge >= 0.3 is 0 Å². The maximum atomic E-state index is 13.8. The van der Waals surface area contributed by atoms with Gasteiger partial charge in [0.2, 0.25) is 0 Å². The van der Waals surface area contributed by atoms with Gasteiger partial charge in [-0.3, -0.25) is 0 Å². The van der Waals surface area contributed by atoms with Crippen molar-refractivity contribution >= 4 is 24.6 Å². The Bertz CT molecular complexity index is 741. The van der Waals surface area contributed by atoms with Crippen LogP contribution in [0.15, 0.2) is 18.3 Å². The first-order valence-electron chi connectivity index (χ1n) is 7.55. The quantitative estimate of drug-likeness (QED) is 0.814. The third-order valence-electron chi connectivity index (χ3n) is 4.33. The molecule has 0 spiro atoms. The second kappa shape index (κ2) is 7.55. The van der Waals surface area contributed by atoms with E-state index in [9.17, 15) is 8.78 Å². The molecular weight excluding hydrogens is 340 g/mol. The van der Waals surface area contributed by atoms with Crippen molar-refractivity contribution in [2.24, 2.45) is 5.73 Å². The molecule has 0 saturated heterocycles. The van der Waals surface area contributed by atoms with Gasteiger partial charge in [-0.25, -0.2) is 8.78 Å². The van der Waals surface area contributed by atoms with E-state index in [2.05, 4.69) is 9.55 Å². The van der Waals surface area contributed by atoms with Crippen LogP contribution in [0.1, 0.15) is 35.7 Å². The van der Waals surface area contributed by atoms with Gasteiger partial charge in [0.05, 0.1) is 0 Å². The van der Waals surface area contributed by atoms with Crippen molar-refractivity contribution in [1.29, 1.82) is 0 Å². The van der Waals surface area contributed by atoms with Gasteiger partial charge in [0.1, 0.15) is 11.6 Å². The monoisotopic (exact) mass is 359 g/mol. The van der Waals surface area contributed by atoms with Crippen LogP contribution in [-0.2, 0) is 19.3 Å². The molecule has 1 heterocycles. The maximum Gasteiger partial charge on any atom is 0.177 e. The minimum absolute atomic E-state index is 0. The highest BCUT2D eigenvalue weighted by atomic mass is 35.5. The highest BCUT2D eigenvalue weighted by Gasteiger charge is 2.25. The Morgan fingerprint density at radius 1 is 1.35 bits per heavy atom. The van der Waals surface area contributed by atoms with E-state index in [4.69, 9.17) is 18.0 Å². The molecule has 1 aromatic heterocycles. The molecule has 0 saturated carbocycles. The van der Waals surface area contributed by atoms with Gasteiger partial charge in [0.15, 0.2) is 4.77 Å². The number of aromatic nitrogens is 2. The number of benzene rings is 1. The number of hydrogen-bond acceptors (Lipinski definition) is 2. The fraction of sp³-hybridized carbons (Fsp3) is 0.438. The molecule has 2 aromatic rings. The zero-order chi connectivity index (χ0) is 15.7. The molecule has 1 aliphatic carbocycles. The standard InChI is InChI=1S/C16H19F2N3S.ClH/c17-11-6-10-7-12(3-4-14(10)15(18)8-11)21-13(2-1-5-19)9-20-16(21)22;/h6,8-9,12H,1-5,7,19H2,(H,20,22);1H/t12-;/m0./s1. The zero-order valence-electron chi connectivity index (χ0n) is 12.6. The summed E-state index contributed by atoms with van der Waals surface area (Å²) in [6.07, 6.45) is 5.67. The Labute approximate surface area is 145 Å². The van der Waals surface area contributed by atoms with Crippen molar-refractivity contribution in [3.63, 3.8) is 0 Å². The summed E-state index contributed by atoms with van der Waals surface area (Å²) >= 11 is 5.38. The van der Waals surface area contributed by atoms with Crippen molar-refractivity contribution < 1.29 is 8.78 Å². The number of imidazole rings is 1. The summed E-state index contributed by atoms with van der Waals surface area (Å²) in [5, 5.41) is 0. The molecule has 126 valence electrons. The minimum atomic E-state index is -0.516. The largest absolute Gasteiger partial charge is 0.337 e. The fourth-order valence-corrected chi connectivity index (χ4v) is 3.62. The molecule has 23 heavy (non-hydrogen) atoms. The first-order valence-corrected chi connectivity index (χ1v) is 7.96. The molecule has 3 rings (SSSR count). The van der Waals surface area contributed by atoms with Crippen LogP contribution in [0.4, 0.5) is 8.78 Å². The number of halogens is 3. The first-order chi connectivity index (χ1) is 10.6. The van der Waals surface area contributed by atoms with Crippen molar-refractivity contribution in [2.45, 2.75) is 38.1 Å². The average molecular weight is 360 g/mol. The third kappa shape index (κ3) is 3.65. The van der Waals surface area contributed by atoms with E-state index in [-0.39, 0.29) is 18.4 Å². The Morgan fingerprint density at radius 3 is 2.87 bits per heavy atom. The molecule has 0 aliphatic heterocycles. The van der Waals surface area contributed by atoms with E-state index in [0.717, 1.165) is 36.6 Å². The lowest BCUT2D eigenvalue weighted by molar-refractivity contribution is 0.415. The van der Waals surface area contributed by atoms with Gasteiger partial charge in [-0.1, -0.05) is 0 Å². The van der Waals surface area contributed by atoms with Crippen molar-refractivity contribution in [3.05, 3.63) is 51.6 Å². The van der Waals surface area contributed by atoms with E-state index in [1.165, 1.54) is 6.07 Å². The SMILES string of the molecule is Cl.NCCCc1c[nH]c(=S)n1[C@H]1CCc2c(F)cc(F)cc2C1. The van der Waals surface area contributed by atoms with Crippen molar-refractivity contribution in [1.82, 2.24) is 9.55 Å². The van der Waals surface area contributed by atoms with E-state index < -0.39 is 11.6 Å². The second-order valence-electron chi connectivity index (χ2n) is 5.77. The van der Waals surface area contributed by atoms with E-state index >= 15 is 0 Å². The van der Waals surface area contributed by atoms with Crippen LogP contribution in [0, 0.1) is 16.4 Å². The lowest BCUT2D eigenvalue weighted by atomic mass is 9.87. The van der Waals surface area contributed by atoms with Gasteiger partial charge in [-0.2, -0.15) is 0 Å². The summed E-state index contributed by atoms with van der Waals surface area (Å²) < 4.78 is 30.1. The van der Waals surface area contributed by atoms with Crippen LogP contribution in [0.3, 0.4) is 0 Å². The van der Waals surface area contributed by atoms with Crippen molar-refractivity contribution in [2.75, 3.05) is 6.54 Å². The fourth-order valence-electron chi connectivity index (χ4n) is 3.30. The predicted molar refractivity (Wildman–Crippen MR) is 91.7 cm³/mol. The molecular formula is C16H20ClF2N3S. The Morgan fingerprint density at radius 2 is 2.13 bits per heavy atom. The smallest absolute Gasteiger partial charge is 0.177 e. The van der Waals surface area contributed by atoms with Crippen molar-refractivity contribution in [3.8, 4) is 0 Å². The molecule has 1 aliphatic rings. The van der Waals surface area contributed by atoms with Crippen LogP contribution in [0.2, 0.25) is 0 Å². The van der Waals surface area contributed by atoms with E-state index in [1.54, 1.807) is 0 Å². The number of nitrogens with two attached hydrogens (primary N) is 1. The highest BCUT2D eigenvalue weighted by Crippen LogP contribution is 2.32. The zero-order valence-corrected chi connectivity index (χ0v) is 14.3. The Balaban J connectivity index is 0.00000192. The van der Waals surface area contributed by atoms with Gasteiger partial charge < -0.3 is 15.3 Å². The predicted octanol–water partition coefficient (Wildman–Crippen LogP) is 3.87. The first kappa shape index (κ1) is 18.1. The number of rotatable bonds is 4. The van der Waals surface area contributed by atoms with Gasteiger partial charge in [0.25, 0.3) is 0 Å². The minimum Gasteiger partial charge on any atom is -0.337 e. The molecule has 0 unspecified atom stereocenters. The number of aryl methyl sites for hydroxylation is 1. The summed E-state index contributed by atoms with van der Waals surface area (Å²) in [6, 6.07) is 2.55. The number of H-pyrrole nitrogens is 1. The molecule has 0 bridgehead atoms. The topological polar surface area (TPSA) is 46.7 Å². The Hall–Kier alpha value is -1.24. The van der Waals surface area contributed by atoms with Gasteiger partial charge in [-0.15, -0.1) is 12.4 Å². The molecule has 0 fully saturated rings. The summed E-state index contributed by atoms with van der Waals surface area (Å²) in [5.74, 6) is -0.951. The number of fused-ring (bicyclic) bond motifs is 1. The van der Waals surface area contributed by atoms with Crippen LogP contribution >= 0.6 is 24.6 Å². The summed E-state index contributed by atoms with van der Waals surface area (Å²) in [6.45, 7) is 0.627.